The van der Waals surface area contributed by atoms with E-state index in [2.05, 4.69) is 10.6 Å². The fourth-order valence-corrected chi connectivity index (χ4v) is 5.42. The summed E-state index contributed by atoms with van der Waals surface area (Å²) < 4.78 is 61.2. The van der Waals surface area contributed by atoms with Crippen molar-refractivity contribution in [2.24, 2.45) is 0 Å². The predicted octanol–water partition coefficient (Wildman–Crippen LogP) is 2.49. The Hall–Kier alpha value is -4.48. The molecule has 0 unspecified atom stereocenters. The van der Waals surface area contributed by atoms with Crippen molar-refractivity contribution in [1.82, 2.24) is 10.6 Å². The van der Waals surface area contributed by atoms with Crippen molar-refractivity contribution < 1.29 is 50.3 Å². The Balaban J connectivity index is 0.000000771. The third-order valence-electron chi connectivity index (χ3n) is 7.00. The van der Waals surface area contributed by atoms with E-state index < -0.39 is 69.2 Å². The number of alkyl halides is 3. The number of carboxylic acid groups (broad SMARTS) is 1. The molecule has 1 aliphatic heterocycles. The number of nitrogens with zero attached hydrogens (tertiary/aromatic N) is 2. The van der Waals surface area contributed by atoms with E-state index in [0.29, 0.717) is 21.7 Å². The lowest BCUT2D eigenvalue weighted by Crippen LogP contribution is -2.60. The number of carbonyl (C=O) groups is 4. The van der Waals surface area contributed by atoms with Gasteiger partial charge >= 0.3 is 17.8 Å². The van der Waals surface area contributed by atoms with E-state index in [0.717, 1.165) is 6.26 Å². The van der Waals surface area contributed by atoms with Gasteiger partial charge in [0.2, 0.25) is 11.8 Å². The van der Waals surface area contributed by atoms with Gasteiger partial charge in [-0.05, 0) is 50.7 Å². The molecule has 0 bridgehead atoms. The van der Waals surface area contributed by atoms with Crippen LogP contribution in [0.5, 0.6) is 0 Å². The van der Waals surface area contributed by atoms with Crippen LogP contribution in [-0.4, -0.2) is 80.6 Å². The molecule has 3 N–H and O–H groups in total. The second-order valence-corrected chi connectivity index (χ2v) is 13.1. The molecule has 47 heavy (non-hydrogen) atoms. The Labute approximate surface area is 271 Å². The highest BCUT2D eigenvalue weighted by Gasteiger charge is 2.43. The third kappa shape index (κ3) is 9.08. The molecule has 254 valence electrons. The zero-order valence-electron chi connectivity index (χ0n) is 25.3. The molecule has 18 heteroatoms. The van der Waals surface area contributed by atoms with Crippen LogP contribution in [0.4, 0.5) is 24.5 Å². The number of amides is 3. The van der Waals surface area contributed by atoms with Crippen LogP contribution in [0.3, 0.4) is 0 Å². The smallest absolute Gasteiger partial charge is 0.475 e. The fraction of sp³-hybridized carbons (Fsp3) is 0.345. The van der Waals surface area contributed by atoms with Crippen molar-refractivity contribution in [2.75, 3.05) is 28.9 Å². The zero-order valence-corrected chi connectivity index (χ0v) is 26.9. The SMILES string of the molecule is CN[C@@H](C)C(=O)N[C@@H]1C(=O)N(Cc2cc(=O)oc3cc(Cl)ccc23)c2ccccc2N(C(=O)CS(C)(=O)=O)[C@H]1C.O=C(O)C(F)(F)F. The number of nitrogens with one attached hydrogen (secondary N) is 2. The molecule has 0 aliphatic carbocycles. The molecule has 4 rings (SSSR count). The molecular formula is C29H30ClF3N4O9S. The molecule has 1 aromatic heterocycles. The second kappa shape index (κ2) is 14.5. The quantitative estimate of drug-likeness (QED) is 0.309. The van der Waals surface area contributed by atoms with Gasteiger partial charge in [0.25, 0.3) is 5.91 Å². The summed E-state index contributed by atoms with van der Waals surface area (Å²) in [5, 5.41) is 13.6. The summed E-state index contributed by atoms with van der Waals surface area (Å²) in [5.41, 5.74) is 0.618. The number of halogens is 4. The lowest BCUT2D eigenvalue weighted by Gasteiger charge is -2.32. The first kappa shape index (κ1) is 37.0. The molecule has 0 spiro atoms. The van der Waals surface area contributed by atoms with Gasteiger partial charge in [0.1, 0.15) is 17.4 Å². The van der Waals surface area contributed by atoms with Crippen LogP contribution in [0.25, 0.3) is 11.0 Å². The Morgan fingerprint density at radius 3 is 2.23 bits per heavy atom. The normalized spacial score (nSPS) is 17.2. The largest absolute Gasteiger partial charge is 0.490 e. The van der Waals surface area contributed by atoms with E-state index in [1.54, 1.807) is 57.3 Å². The average Bonchev–Trinajstić information content (AvgIpc) is 3.04. The van der Waals surface area contributed by atoms with E-state index in [1.165, 1.54) is 21.9 Å². The van der Waals surface area contributed by atoms with Gasteiger partial charge in [-0.3, -0.25) is 14.4 Å². The van der Waals surface area contributed by atoms with E-state index in [9.17, 15) is 40.8 Å². The molecule has 3 atom stereocenters. The second-order valence-electron chi connectivity index (χ2n) is 10.5. The van der Waals surface area contributed by atoms with Crippen LogP contribution in [0.1, 0.15) is 19.4 Å². The molecule has 0 saturated carbocycles. The van der Waals surface area contributed by atoms with Gasteiger partial charge in [-0.2, -0.15) is 13.2 Å². The molecule has 1 aliphatic rings. The molecule has 3 amide bonds. The van der Waals surface area contributed by atoms with Gasteiger partial charge in [-0.15, -0.1) is 0 Å². The number of anilines is 2. The molecule has 0 fully saturated rings. The number of hydrogen-bond acceptors (Lipinski definition) is 9. The van der Waals surface area contributed by atoms with Gasteiger partial charge in [-0.25, -0.2) is 18.0 Å². The van der Waals surface area contributed by atoms with Crippen molar-refractivity contribution in [3.63, 3.8) is 0 Å². The number of sulfone groups is 1. The standard InChI is InChI=1S/C27H29ClN4O7S.C2HF3O2/c1-15(29-3)26(35)30-25-16(2)32(23(33)14-40(4,37)38)21-8-6-5-7-20(21)31(27(25)36)13-17-11-24(34)39-22-12-18(28)9-10-19(17)22;3-2(4,5)1(6)7/h5-12,15-16,25,29H,13-14H2,1-4H3,(H,30,35);(H,6,7)/t15-,16-,25-;/m0./s1. The fourth-order valence-electron chi connectivity index (χ4n) is 4.67. The summed E-state index contributed by atoms with van der Waals surface area (Å²) in [5.74, 6) is -5.35. The van der Waals surface area contributed by atoms with Gasteiger partial charge in [-0.1, -0.05) is 23.7 Å². The first-order valence-electron chi connectivity index (χ1n) is 13.7. The van der Waals surface area contributed by atoms with Crippen LogP contribution < -0.4 is 26.1 Å². The molecular weight excluding hydrogens is 673 g/mol. The minimum absolute atomic E-state index is 0.117. The van der Waals surface area contributed by atoms with Crippen LogP contribution in [0.2, 0.25) is 5.02 Å². The summed E-state index contributed by atoms with van der Waals surface area (Å²) in [7, 11) is -2.13. The Morgan fingerprint density at radius 1 is 1.09 bits per heavy atom. The Bertz CT molecular complexity index is 1870. The highest BCUT2D eigenvalue weighted by atomic mass is 35.5. The topological polar surface area (TPSA) is 183 Å². The van der Waals surface area contributed by atoms with Crippen LogP contribution >= 0.6 is 11.6 Å². The summed E-state index contributed by atoms with van der Waals surface area (Å²) in [6, 6.07) is 9.73. The highest BCUT2D eigenvalue weighted by molar-refractivity contribution is 7.91. The number of rotatable bonds is 7. The maximum Gasteiger partial charge on any atom is 0.490 e. The Morgan fingerprint density at radius 2 is 1.68 bits per heavy atom. The minimum atomic E-state index is -5.08. The summed E-state index contributed by atoms with van der Waals surface area (Å²) in [6.07, 6.45) is -4.14. The number of fused-ring (bicyclic) bond motifs is 2. The maximum absolute atomic E-state index is 14.2. The van der Waals surface area contributed by atoms with Crippen LogP contribution in [0.15, 0.2) is 57.7 Å². The number of hydrogen-bond donors (Lipinski definition) is 3. The monoisotopic (exact) mass is 702 g/mol. The lowest BCUT2D eigenvalue weighted by molar-refractivity contribution is -0.192. The number of benzene rings is 2. The zero-order chi connectivity index (χ0) is 35.4. The first-order valence-corrected chi connectivity index (χ1v) is 16.1. The summed E-state index contributed by atoms with van der Waals surface area (Å²) in [4.78, 5) is 64.5. The number of carboxylic acids is 1. The number of aliphatic carboxylic acids is 1. The van der Waals surface area contributed by atoms with Crippen molar-refractivity contribution in [3.8, 4) is 0 Å². The summed E-state index contributed by atoms with van der Waals surface area (Å²) >= 11 is 6.09. The van der Waals surface area contributed by atoms with E-state index in [4.69, 9.17) is 25.9 Å². The minimum Gasteiger partial charge on any atom is -0.475 e. The van der Waals surface area contributed by atoms with Crippen molar-refractivity contribution in [2.45, 2.75) is 44.7 Å². The Kier molecular flexibility index (Phi) is 11.4. The molecule has 3 aromatic rings. The van der Waals surface area contributed by atoms with Gasteiger partial charge in [0, 0.05) is 28.8 Å². The van der Waals surface area contributed by atoms with E-state index in [1.807, 2.05) is 0 Å². The van der Waals surface area contributed by atoms with Gasteiger partial charge in [0.05, 0.1) is 30.0 Å². The van der Waals surface area contributed by atoms with Crippen LogP contribution in [-0.2, 0) is 35.6 Å². The number of carbonyl (C=O) groups excluding carboxylic acids is 3. The predicted molar refractivity (Wildman–Crippen MR) is 166 cm³/mol. The first-order chi connectivity index (χ1) is 21.7. The van der Waals surface area contributed by atoms with Gasteiger partial charge < -0.3 is 30.0 Å². The maximum atomic E-state index is 14.2. The molecule has 13 nitrogen and oxygen atoms in total. The third-order valence-corrected chi connectivity index (χ3v) is 8.00. The molecule has 2 aromatic carbocycles. The highest BCUT2D eigenvalue weighted by Crippen LogP contribution is 2.37. The van der Waals surface area contributed by atoms with E-state index in [-0.39, 0.29) is 17.8 Å². The van der Waals surface area contributed by atoms with Crippen molar-refractivity contribution >= 4 is 67.5 Å². The molecule has 2 heterocycles. The molecule has 0 saturated heterocycles. The van der Waals surface area contributed by atoms with Crippen molar-refractivity contribution in [3.05, 3.63) is 69.5 Å². The van der Waals surface area contributed by atoms with Crippen LogP contribution in [0, 0.1) is 0 Å². The molecule has 0 radical (unpaired) electrons. The van der Waals surface area contributed by atoms with Crippen molar-refractivity contribution in [1.29, 1.82) is 0 Å². The number of likely N-dealkylation sites (N-methyl/N-ethyl adjacent to an activating group) is 1. The lowest BCUT2D eigenvalue weighted by atomic mass is 10.1. The number of para-hydroxylation sites is 2. The average molecular weight is 703 g/mol. The van der Waals surface area contributed by atoms with E-state index >= 15 is 0 Å². The summed E-state index contributed by atoms with van der Waals surface area (Å²) in [6.45, 7) is 3.07. The van der Waals surface area contributed by atoms with Gasteiger partial charge in [0.15, 0.2) is 9.84 Å².